The molecule has 3 N–H and O–H groups in total. The molecule has 0 spiro atoms. The molecule has 1 aliphatic rings. The van der Waals surface area contributed by atoms with Gasteiger partial charge in [0.1, 0.15) is 4.90 Å². The van der Waals surface area contributed by atoms with Gasteiger partial charge in [0.25, 0.3) is 5.69 Å². The zero-order chi connectivity index (χ0) is 18.2. The average Bonchev–Trinajstić information content (AvgIpc) is 2.88. The number of rotatable bonds is 5. The molecule has 0 amide bonds. The zero-order valence-electron chi connectivity index (χ0n) is 13.7. The van der Waals surface area contributed by atoms with Crippen molar-refractivity contribution in [2.24, 2.45) is 10.6 Å². The van der Waals surface area contributed by atoms with E-state index in [1.54, 1.807) is 0 Å². The van der Waals surface area contributed by atoms with Crippen LogP contribution in [0.5, 0.6) is 0 Å². The molecule has 3 rings (SSSR count). The van der Waals surface area contributed by atoms with E-state index in [4.69, 9.17) is 5.14 Å². The molecule has 2 aromatic carbocycles. The highest BCUT2D eigenvalue weighted by Crippen LogP contribution is 2.37. The van der Waals surface area contributed by atoms with Crippen molar-refractivity contribution in [1.82, 2.24) is 0 Å². The van der Waals surface area contributed by atoms with E-state index in [2.05, 4.69) is 24.4 Å². The second kappa shape index (κ2) is 6.12. The predicted molar refractivity (Wildman–Crippen MR) is 94.9 cm³/mol. The molecule has 0 heterocycles. The van der Waals surface area contributed by atoms with Crippen LogP contribution in [-0.4, -0.2) is 19.9 Å². The SMILES string of the molecule is CC1(CNc2cc([N+](=O)[O-])ccc2S(N)(=O)=O)Cc2ccccc2C1. The summed E-state index contributed by atoms with van der Waals surface area (Å²) in [6.45, 7) is 2.58. The number of primary sulfonamides is 1. The fourth-order valence-corrected chi connectivity index (χ4v) is 4.03. The standard InChI is InChI=1S/C17H19N3O4S/c1-17(9-12-4-2-3-5-13(12)10-17)11-19-15-8-14(20(21)22)6-7-16(15)25(18,23)24/h2-8,19H,9-11H2,1H3,(H2,18,23,24). The summed E-state index contributed by atoms with van der Waals surface area (Å²) in [5.41, 5.74) is 2.42. The molecule has 0 atom stereocenters. The number of benzene rings is 2. The zero-order valence-corrected chi connectivity index (χ0v) is 14.5. The molecule has 25 heavy (non-hydrogen) atoms. The van der Waals surface area contributed by atoms with Crippen molar-refractivity contribution in [2.75, 3.05) is 11.9 Å². The van der Waals surface area contributed by atoms with Gasteiger partial charge in [-0.3, -0.25) is 10.1 Å². The Morgan fingerprint density at radius 1 is 1.20 bits per heavy atom. The van der Waals surface area contributed by atoms with Crippen LogP contribution in [0.3, 0.4) is 0 Å². The second-order valence-corrected chi connectivity index (χ2v) is 8.30. The fraction of sp³-hybridized carbons (Fsp3) is 0.294. The van der Waals surface area contributed by atoms with Crippen molar-refractivity contribution < 1.29 is 13.3 Å². The second-order valence-electron chi connectivity index (χ2n) is 6.77. The molecule has 2 aromatic rings. The van der Waals surface area contributed by atoms with Crippen LogP contribution in [0.25, 0.3) is 0 Å². The molecule has 0 aliphatic heterocycles. The minimum absolute atomic E-state index is 0.107. The van der Waals surface area contributed by atoms with Gasteiger partial charge in [0.05, 0.1) is 10.6 Å². The summed E-state index contributed by atoms with van der Waals surface area (Å²) < 4.78 is 23.5. The first-order valence-corrected chi connectivity index (χ1v) is 9.34. The lowest BCUT2D eigenvalue weighted by atomic mass is 9.87. The molecule has 1 aliphatic carbocycles. The van der Waals surface area contributed by atoms with Crippen molar-refractivity contribution in [1.29, 1.82) is 0 Å². The van der Waals surface area contributed by atoms with Crippen molar-refractivity contribution >= 4 is 21.4 Å². The van der Waals surface area contributed by atoms with Crippen LogP contribution >= 0.6 is 0 Å². The summed E-state index contributed by atoms with van der Waals surface area (Å²) in [4.78, 5) is 10.3. The van der Waals surface area contributed by atoms with Crippen molar-refractivity contribution in [3.05, 3.63) is 63.7 Å². The Kier molecular flexibility index (Phi) is 4.26. The molecular formula is C17H19N3O4S. The van der Waals surface area contributed by atoms with E-state index in [0.717, 1.165) is 18.9 Å². The van der Waals surface area contributed by atoms with E-state index >= 15 is 0 Å². The minimum Gasteiger partial charge on any atom is -0.383 e. The number of nitro benzene ring substituents is 1. The first-order valence-electron chi connectivity index (χ1n) is 7.80. The highest BCUT2D eigenvalue weighted by Gasteiger charge is 2.33. The number of nitrogens with two attached hydrogens (primary N) is 1. The van der Waals surface area contributed by atoms with Crippen LogP contribution in [0.4, 0.5) is 11.4 Å². The number of nitrogens with zero attached hydrogens (tertiary/aromatic N) is 1. The van der Waals surface area contributed by atoms with Crippen LogP contribution in [0.2, 0.25) is 0 Å². The number of hydrogen-bond donors (Lipinski definition) is 2. The molecule has 0 aromatic heterocycles. The Labute approximate surface area is 146 Å². The minimum atomic E-state index is -3.98. The van der Waals surface area contributed by atoms with Gasteiger partial charge < -0.3 is 5.32 Å². The Morgan fingerprint density at radius 2 is 1.80 bits per heavy atom. The van der Waals surface area contributed by atoms with Gasteiger partial charge in [0.15, 0.2) is 0 Å². The summed E-state index contributed by atoms with van der Waals surface area (Å²) >= 11 is 0. The van der Waals surface area contributed by atoms with E-state index in [-0.39, 0.29) is 21.7 Å². The molecular weight excluding hydrogens is 342 g/mol. The number of sulfonamides is 1. The topological polar surface area (TPSA) is 115 Å². The van der Waals surface area contributed by atoms with E-state index in [9.17, 15) is 18.5 Å². The number of hydrogen-bond acceptors (Lipinski definition) is 5. The Balaban J connectivity index is 1.86. The third-order valence-electron chi connectivity index (χ3n) is 4.54. The van der Waals surface area contributed by atoms with Crippen LogP contribution in [0.1, 0.15) is 18.1 Å². The van der Waals surface area contributed by atoms with Crippen LogP contribution in [0.15, 0.2) is 47.4 Å². The average molecular weight is 361 g/mol. The van der Waals surface area contributed by atoms with Gasteiger partial charge in [-0.15, -0.1) is 0 Å². The van der Waals surface area contributed by atoms with Gasteiger partial charge in [-0.25, -0.2) is 13.6 Å². The molecule has 0 radical (unpaired) electrons. The smallest absolute Gasteiger partial charge is 0.271 e. The summed E-state index contributed by atoms with van der Waals surface area (Å²) in [6.07, 6.45) is 1.71. The Hall–Kier alpha value is -2.45. The number of anilines is 1. The molecule has 0 bridgehead atoms. The van der Waals surface area contributed by atoms with Gasteiger partial charge in [-0.1, -0.05) is 31.2 Å². The first-order chi connectivity index (χ1) is 11.7. The van der Waals surface area contributed by atoms with Crippen molar-refractivity contribution in [2.45, 2.75) is 24.7 Å². The normalized spacial score (nSPS) is 15.6. The predicted octanol–water partition coefficient (Wildman–Crippen LogP) is 2.46. The number of non-ortho nitro benzene ring substituents is 1. The van der Waals surface area contributed by atoms with Gasteiger partial charge >= 0.3 is 0 Å². The summed E-state index contributed by atoms with van der Waals surface area (Å²) in [5, 5.41) is 19.3. The highest BCUT2D eigenvalue weighted by molar-refractivity contribution is 7.89. The monoisotopic (exact) mass is 361 g/mol. The van der Waals surface area contributed by atoms with Crippen molar-refractivity contribution in [3.8, 4) is 0 Å². The lowest BCUT2D eigenvalue weighted by Gasteiger charge is -2.25. The Bertz CT molecular complexity index is 916. The molecule has 0 fully saturated rings. The molecule has 132 valence electrons. The number of nitrogens with one attached hydrogen (secondary N) is 1. The van der Waals surface area contributed by atoms with Crippen LogP contribution in [-0.2, 0) is 22.9 Å². The number of nitro groups is 1. The third kappa shape index (κ3) is 3.64. The Morgan fingerprint density at radius 3 is 2.32 bits per heavy atom. The van der Waals surface area contributed by atoms with Crippen LogP contribution < -0.4 is 10.5 Å². The lowest BCUT2D eigenvalue weighted by Crippen LogP contribution is -2.28. The molecule has 7 nitrogen and oxygen atoms in total. The lowest BCUT2D eigenvalue weighted by molar-refractivity contribution is -0.384. The fourth-order valence-electron chi connectivity index (χ4n) is 3.34. The summed E-state index contributed by atoms with van der Waals surface area (Å²) in [7, 11) is -3.98. The van der Waals surface area contributed by atoms with Gasteiger partial charge in [0.2, 0.25) is 10.0 Å². The maximum atomic E-state index is 11.8. The molecule has 0 unspecified atom stereocenters. The first kappa shape index (κ1) is 17.4. The highest BCUT2D eigenvalue weighted by atomic mass is 32.2. The van der Waals surface area contributed by atoms with E-state index in [1.165, 1.54) is 23.3 Å². The van der Waals surface area contributed by atoms with Crippen LogP contribution in [0, 0.1) is 15.5 Å². The quantitative estimate of drug-likeness (QED) is 0.627. The number of fused-ring (bicyclic) bond motifs is 1. The largest absolute Gasteiger partial charge is 0.383 e. The summed E-state index contributed by atoms with van der Waals surface area (Å²) in [6, 6.07) is 11.7. The van der Waals surface area contributed by atoms with Gasteiger partial charge in [-0.2, -0.15) is 0 Å². The third-order valence-corrected chi connectivity index (χ3v) is 5.51. The van der Waals surface area contributed by atoms with Gasteiger partial charge in [-0.05, 0) is 35.4 Å². The van der Waals surface area contributed by atoms with E-state index < -0.39 is 14.9 Å². The van der Waals surface area contributed by atoms with Gasteiger partial charge in [0, 0.05) is 18.7 Å². The maximum Gasteiger partial charge on any atom is 0.271 e. The molecule has 0 saturated heterocycles. The van der Waals surface area contributed by atoms with E-state index in [0.29, 0.717) is 6.54 Å². The van der Waals surface area contributed by atoms with E-state index in [1.807, 2.05) is 12.1 Å². The molecule has 8 heteroatoms. The molecule has 0 saturated carbocycles. The van der Waals surface area contributed by atoms with Crippen molar-refractivity contribution in [3.63, 3.8) is 0 Å². The maximum absolute atomic E-state index is 11.8. The summed E-state index contributed by atoms with van der Waals surface area (Å²) in [5.74, 6) is 0.